The molecule has 0 aliphatic heterocycles. The van der Waals surface area contributed by atoms with E-state index in [1.165, 1.54) is 0 Å². The number of amides is 1. The predicted octanol–water partition coefficient (Wildman–Crippen LogP) is 2.67. The van der Waals surface area contributed by atoms with Crippen molar-refractivity contribution < 1.29 is 9.90 Å². The number of nitrogens with zero attached hydrogens (tertiary/aromatic N) is 1. The van der Waals surface area contributed by atoms with Crippen molar-refractivity contribution in [2.75, 3.05) is 4.31 Å². The summed E-state index contributed by atoms with van der Waals surface area (Å²) in [7, 11) is 0. The fraction of sp³-hybridized carbons (Fsp3) is 0. The number of carboxylic acid groups (broad SMARTS) is 1. The van der Waals surface area contributed by atoms with Gasteiger partial charge in [0, 0.05) is 5.02 Å². The Morgan fingerprint density at radius 3 is 2.33 bits per heavy atom. The van der Waals surface area contributed by atoms with E-state index in [0.717, 1.165) is 4.31 Å². The molecular weight excluding hydrogens is 198 g/mol. The fourth-order valence-electron chi connectivity index (χ4n) is 0.693. The van der Waals surface area contributed by atoms with Gasteiger partial charge in [-0.15, -0.1) is 0 Å². The van der Waals surface area contributed by atoms with Crippen LogP contribution in [0.25, 0.3) is 0 Å². The highest BCUT2D eigenvalue weighted by molar-refractivity contribution is 7.82. The summed E-state index contributed by atoms with van der Waals surface area (Å²) in [4.78, 5) is 10.4. The third-order valence-electron chi connectivity index (χ3n) is 1.25. The minimum atomic E-state index is -1.12. The minimum Gasteiger partial charge on any atom is -0.464 e. The van der Waals surface area contributed by atoms with Crippen molar-refractivity contribution in [1.82, 2.24) is 0 Å². The molecule has 0 aliphatic rings. The van der Waals surface area contributed by atoms with Crippen molar-refractivity contribution in [3.8, 4) is 0 Å². The van der Waals surface area contributed by atoms with Gasteiger partial charge in [-0.05, 0) is 24.3 Å². The molecule has 0 aliphatic carbocycles. The van der Waals surface area contributed by atoms with Crippen LogP contribution in [0.3, 0.4) is 0 Å². The van der Waals surface area contributed by atoms with Gasteiger partial charge in [-0.2, -0.15) is 0 Å². The summed E-state index contributed by atoms with van der Waals surface area (Å²) in [6.45, 7) is 0. The van der Waals surface area contributed by atoms with Crippen LogP contribution in [0.4, 0.5) is 10.5 Å². The number of thiol groups is 1. The summed E-state index contributed by atoms with van der Waals surface area (Å²) < 4.78 is 0.816. The Balaban J connectivity index is 2.89. The normalized spacial score (nSPS) is 9.50. The molecular formula is C7H6ClNO2S. The predicted molar refractivity (Wildman–Crippen MR) is 50.9 cm³/mol. The summed E-state index contributed by atoms with van der Waals surface area (Å²) in [6, 6.07) is 6.35. The van der Waals surface area contributed by atoms with Gasteiger partial charge in [-0.3, -0.25) is 0 Å². The van der Waals surface area contributed by atoms with Gasteiger partial charge in [0.05, 0.1) is 5.69 Å². The highest BCUT2D eigenvalue weighted by Gasteiger charge is 2.08. The molecule has 1 aromatic rings. The van der Waals surface area contributed by atoms with E-state index in [0.29, 0.717) is 10.7 Å². The third kappa shape index (κ3) is 2.06. The minimum absolute atomic E-state index is 0.468. The average Bonchev–Trinajstić information content (AvgIpc) is 2.04. The van der Waals surface area contributed by atoms with Crippen LogP contribution in [0.5, 0.6) is 0 Å². The van der Waals surface area contributed by atoms with Gasteiger partial charge in [0.2, 0.25) is 0 Å². The Morgan fingerprint density at radius 1 is 1.42 bits per heavy atom. The molecule has 0 unspecified atom stereocenters. The number of carbonyl (C=O) groups is 1. The lowest BCUT2D eigenvalue weighted by Gasteiger charge is -2.10. The van der Waals surface area contributed by atoms with E-state index in [1.54, 1.807) is 24.3 Å². The maximum Gasteiger partial charge on any atom is 0.421 e. The molecule has 0 atom stereocenters. The van der Waals surface area contributed by atoms with Gasteiger partial charge in [-0.1, -0.05) is 24.4 Å². The molecule has 0 heterocycles. The average molecular weight is 204 g/mol. The topological polar surface area (TPSA) is 40.5 Å². The monoisotopic (exact) mass is 203 g/mol. The van der Waals surface area contributed by atoms with Gasteiger partial charge < -0.3 is 5.11 Å². The summed E-state index contributed by atoms with van der Waals surface area (Å²) in [5.74, 6) is 0. The lowest BCUT2D eigenvalue weighted by molar-refractivity contribution is 0.206. The van der Waals surface area contributed by atoms with Gasteiger partial charge in [-0.25, -0.2) is 9.10 Å². The van der Waals surface area contributed by atoms with Gasteiger partial charge in [0.15, 0.2) is 0 Å². The Labute approximate surface area is 80.1 Å². The molecule has 1 aromatic carbocycles. The van der Waals surface area contributed by atoms with Crippen LogP contribution in [-0.4, -0.2) is 11.2 Å². The SMILES string of the molecule is O=C(O)N(S)c1ccc(Cl)cc1. The Kier molecular flexibility index (Phi) is 2.83. The summed E-state index contributed by atoms with van der Waals surface area (Å²) in [6.07, 6.45) is -1.12. The first-order valence-corrected chi connectivity index (χ1v) is 3.86. The molecule has 0 fully saturated rings. The van der Waals surface area contributed by atoms with Gasteiger partial charge in [0.25, 0.3) is 0 Å². The number of benzene rings is 1. The van der Waals surface area contributed by atoms with E-state index in [4.69, 9.17) is 16.7 Å². The fourth-order valence-corrected chi connectivity index (χ4v) is 0.952. The lowest BCUT2D eigenvalue weighted by Crippen LogP contribution is -2.17. The van der Waals surface area contributed by atoms with Crippen LogP contribution >= 0.6 is 24.4 Å². The molecule has 3 nitrogen and oxygen atoms in total. The second kappa shape index (κ2) is 3.69. The Bertz CT molecular complexity index is 288. The quantitative estimate of drug-likeness (QED) is 0.689. The zero-order valence-electron chi connectivity index (χ0n) is 5.94. The van der Waals surface area contributed by atoms with Crippen molar-refractivity contribution >= 4 is 36.2 Å². The number of hydrogen-bond donors (Lipinski definition) is 2. The first kappa shape index (κ1) is 9.22. The molecule has 1 amide bonds. The van der Waals surface area contributed by atoms with Crippen molar-refractivity contribution in [3.05, 3.63) is 29.3 Å². The molecule has 0 radical (unpaired) electrons. The van der Waals surface area contributed by atoms with Crippen LogP contribution in [0.1, 0.15) is 0 Å². The van der Waals surface area contributed by atoms with E-state index < -0.39 is 6.09 Å². The van der Waals surface area contributed by atoms with Crippen LogP contribution in [0, 0.1) is 0 Å². The molecule has 1 rings (SSSR count). The smallest absolute Gasteiger partial charge is 0.421 e. The molecule has 0 saturated heterocycles. The largest absolute Gasteiger partial charge is 0.464 e. The molecule has 0 bridgehead atoms. The number of anilines is 1. The van der Waals surface area contributed by atoms with E-state index >= 15 is 0 Å². The second-order valence-electron chi connectivity index (χ2n) is 2.07. The zero-order valence-corrected chi connectivity index (χ0v) is 7.59. The molecule has 12 heavy (non-hydrogen) atoms. The molecule has 0 saturated carbocycles. The van der Waals surface area contributed by atoms with Crippen molar-refractivity contribution in [2.24, 2.45) is 0 Å². The van der Waals surface area contributed by atoms with Crippen LogP contribution in [-0.2, 0) is 0 Å². The Morgan fingerprint density at radius 2 is 1.92 bits per heavy atom. The third-order valence-corrected chi connectivity index (χ3v) is 1.91. The molecule has 5 heteroatoms. The number of halogens is 1. The lowest BCUT2D eigenvalue weighted by atomic mass is 10.3. The number of rotatable bonds is 1. The highest BCUT2D eigenvalue weighted by atomic mass is 35.5. The summed E-state index contributed by atoms with van der Waals surface area (Å²) in [5, 5.41) is 9.08. The first-order chi connectivity index (χ1) is 5.61. The molecule has 0 aromatic heterocycles. The van der Waals surface area contributed by atoms with Crippen molar-refractivity contribution in [2.45, 2.75) is 0 Å². The van der Waals surface area contributed by atoms with E-state index in [-0.39, 0.29) is 0 Å². The summed E-state index contributed by atoms with van der Waals surface area (Å²) >= 11 is 9.34. The van der Waals surface area contributed by atoms with E-state index in [1.807, 2.05) is 0 Å². The zero-order chi connectivity index (χ0) is 9.14. The van der Waals surface area contributed by atoms with Crippen LogP contribution in [0.2, 0.25) is 5.02 Å². The molecule has 64 valence electrons. The number of hydrogen-bond acceptors (Lipinski definition) is 2. The van der Waals surface area contributed by atoms with Gasteiger partial charge in [0.1, 0.15) is 0 Å². The Hall–Kier alpha value is -0.870. The van der Waals surface area contributed by atoms with Crippen LogP contribution < -0.4 is 4.31 Å². The molecule has 0 spiro atoms. The maximum atomic E-state index is 10.4. The second-order valence-corrected chi connectivity index (χ2v) is 2.91. The highest BCUT2D eigenvalue weighted by Crippen LogP contribution is 2.19. The summed E-state index contributed by atoms with van der Waals surface area (Å²) in [5.41, 5.74) is 0.468. The van der Waals surface area contributed by atoms with Crippen molar-refractivity contribution in [1.29, 1.82) is 0 Å². The maximum absolute atomic E-state index is 10.4. The van der Waals surface area contributed by atoms with E-state index in [9.17, 15) is 4.79 Å². The molecule has 1 N–H and O–H groups in total. The van der Waals surface area contributed by atoms with Crippen LogP contribution in [0.15, 0.2) is 24.3 Å². The first-order valence-electron chi connectivity index (χ1n) is 3.09. The van der Waals surface area contributed by atoms with Gasteiger partial charge >= 0.3 is 6.09 Å². The standard InChI is InChI=1S/C7H6ClNO2S/c8-5-1-3-6(4-2-5)9(12)7(10)11/h1-4,12H,(H,10,11). The van der Waals surface area contributed by atoms with Crippen molar-refractivity contribution in [3.63, 3.8) is 0 Å². The van der Waals surface area contributed by atoms with E-state index in [2.05, 4.69) is 12.8 Å².